The fraction of sp³-hybridized carbons (Fsp3) is 0.370. The Morgan fingerprint density at radius 3 is 2.74 bits per heavy atom. The second-order valence-corrected chi connectivity index (χ2v) is 10.1. The van der Waals surface area contributed by atoms with E-state index in [0.29, 0.717) is 46.9 Å². The molecule has 11 heteroatoms. The number of carbonyl (C=O) groups is 1. The van der Waals surface area contributed by atoms with E-state index in [4.69, 9.17) is 30.9 Å². The number of anilines is 1. The van der Waals surface area contributed by atoms with Crippen molar-refractivity contribution in [1.29, 1.82) is 0 Å². The molecule has 2 aromatic carbocycles. The number of thioether (sulfide) groups is 1. The van der Waals surface area contributed by atoms with Crippen molar-refractivity contribution in [2.75, 3.05) is 24.8 Å². The standard InChI is InChI=1S/C27H30ClFN4O4S/c1-5-12-36-25(34)23-16(3)30-26-31-27(38-13-6-2)32-33(26)24(23)17-10-11-21(22(14-17)35-4)37-15-18-19(28)8-7-9-20(18)29/h7-11,14,24H,5-6,12-13,15H2,1-4H3,(H,30,31,32). The van der Waals surface area contributed by atoms with E-state index in [9.17, 15) is 9.18 Å². The van der Waals surface area contributed by atoms with Crippen LogP contribution in [0.15, 0.2) is 52.8 Å². The Kier molecular flexibility index (Phi) is 9.17. The number of hydrogen-bond acceptors (Lipinski definition) is 8. The highest BCUT2D eigenvalue weighted by atomic mass is 35.5. The van der Waals surface area contributed by atoms with Gasteiger partial charge in [0.15, 0.2) is 11.5 Å². The number of allylic oxidation sites excluding steroid dienone is 1. The lowest BCUT2D eigenvalue weighted by molar-refractivity contribution is -0.139. The van der Waals surface area contributed by atoms with Gasteiger partial charge in [-0.05, 0) is 49.6 Å². The van der Waals surface area contributed by atoms with Crippen LogP contribution in [0.4, 0.5) is 10.3 Å². The normalized spacial score (nSPS) is 14.6. The minimum absolute atomic E-state index is 0.0760. The van der Waals surface area contributed by atoms with Crippen molar-refractivity contribution in [3.05, 3.63) is 69.6 Å². The highest BCUT2D eigenvalue weighted by Crippen LogP contribution is 2.40. The first-order valence-electron chi connectivity index (χ1n) is 12.4. The summed E-state index contributed by atoms with van der Waals surface area (Å²) in [6.07, 6.45) is 1.68. The number of ether oxygens (including phenoxy) is 3. The summed E-state index contributed by atoms with van der Waals surface area (Å²) in [5.74, 6) is 1.34. The molecule has 2 heterocycles. The van der Waals surface area contributed by atoms with Gasteiger partial charge in [0.05, 0.1) is 24.3 Å². The van der Waals surface area contributed by atoms with Gasteiger partial charge >= 0.3 is 5.97 Å². The molecule has 4 rings (SSSR count). The molecule has 0 radical (unpaired) electrons. The first kappa shape index (κ1) is 27.8. The molecule has 1 unspecified atom stereocenters. The van der Waals surface area contributed by atoms with Crippen LogP contribution in [0.2, 0.25) is 5.02 Å². The number of nitrogens with one attached hydrogen (secondary N) is 1. The van der Waals surface area contributed by atoms with Gasteiger partial charge in [0.25, 0.3) is 0 Å². The maximum absolute atomic E-state index is 14.2. The molecular formula is C27H30ClFN4O4S. The van der Waals surface area contributed by atoms with Gasteiger partial charge in [-0.2, -0.15) is 4.98 Å². The average Bonchev–Trinajstić information content (AvgIpc) is 3.31. The minimum Gasteiger partial charge on any atom is -0.493 e. The van der Waals surface area contributed by atoms with Crippen molar-refractivity contribution in [1.82, 2.24) is 14.8 Å². The van der Waals surface area contributed by atoms with Crippen molar-refractivity contribution in [3.8, 4) is 11.5 Å². The quantitative estimate of drug-likeness (QED) is 0.213. The summed E-state index contributed by atoms with van der Waals surface area (Å²) in [7, 11) is 1.52. The molecule has 0 saturated heterocycles. The Morgan fingerprint density at radius 1 is 1.21 bits per heavy atom. The zero-order valence-electron chi connectivity index (χ0n) is 21.7. The highest BCUT2D eigenvalue weighted by Gasteiger charge is 2.35. The Bertz CT molecular complexity index is 1330. The number of rotatable bonds is 11. The molecule has 0 fully saturated rings. The van der Waals surface area contributed by atoms with Crippen molar-refractivity contribution < 1.29 is 23.4 Å². The van der Waals surface area contributed by atoms with Crippen LogP contribution in [0, 0.1) is 5.82 Å². The monoisotopic (exact) mass is 560 g/mol. The SMILES string of the molecule is CCCOC(=O)C1=C(C)Nc2nc(SCCC)nn2C1c1ccc(OCc2c(F)cccc2Cl)c(OC)c1. The fourth-order valence-corrected chi connectivity index (χ4v) is 4.93. The van der Waals surface area contributed by atoms with Gasteiger partial charge in [-0.15, -0.1) is 5.10 Å². The largest absolute Gasteiger partial charge is 0.493 e. The summed E-state index contributed by atoms with van der Waals surface area (Å²) in [6, 6.07) is 9.19. The second kappa shape index (κ2) is 12.5. The van der Waals surface area contributed by atoms with Crippen LogP contribution in [0.5, 0.6) is 11.5 Å². The Morgan fingerprint density at radius 2 is 2.03 bits per heavy atom. The molecule has 8 nitrogen and oxygen atoms in total. The van der Waals surface area contributed by atoms with Gasteiger partial charge in [0, 0.05) is 17.0 Å². The van der Waals surface area contributed by atoms with E-state index in [1.54, 1.807) is 40.7 Å². The van der Waals surface area contributed by atoms with Gasteiger partial charge in [-0.1, -0.05) is 49.3 Å². The van der Waals surface area contributed by atoms with Crippen LogP contribution in [0.3, 0.4) is 0 Å². The van der Waals surface area contributed by atoms with E-state index in [1.807, 2.05) is 19.9 Å². The van der Waals surface area contributed by atoms with Gasteiger partial charge < -0.3 is 19.5 Å². The lowest BCUT2D eigenvalue weighted by Crippen LogP contribution is -2.29. The van der Waals surface area contributed by atoms with Crippen molar-refractivity contribution in [3.63, 3.8) is 0 Å². The lowest BCUT2D eigenvalue weighted by Gasteiger charge is -2.28. The van der Waals surface area contributed by atoms with Crippen LogP contribution in [-0.4, -0.2) is 40.2 Å². The summed E-state index contributed by atoms with van der Waals surface area (Å²) < 4.78 is 32.9. The summed E-state index contributed by atoms with van der Waals surface area (Å²) in [4.78, 5) is 17.8. The lowest BCUT2D eigenvalue weighted by atomic mass is 9.95. The molecule has 0 amide bonds. The maximum Gasteiger partial charge on any atom is 0.338 e. The van der Waals surface area contributed by atoms with Gasteiger partial charge in [-0.3, -0.25) is 0 Å². The zero-order chi connectivity index (χ0) is 27.2. The third-order valence-electron chi connectivity index (χ3n) is 5.86. The first-order chi connectivity index (χ1) is 18.4. The third-order valence-corrected chi connectivity index (χ3v) is 7.26. The molecule has 1 aliphatic rings. The number of esters is 1. The molecule has 0 spiro atoms. The maximum atomic E-state index is 14.2. The molecule has 1 aromatic heterocycles. The van der Waals surface area contributed by atoms with E-state index in [2.05, 4.69) is 17.2 Å². The topological polar surface area (TPSA) is 87.5 Å². The summed E-state index contributed by atoms with van der Waals surface area (Å²) >= 11 is 7.70. The van der Waals surface area contributed by atoms with Crippen LogP contribution >= 0.6 is 23.4 Å². The number of hydrogen-bond donors (Lipinski definition) is 1. The van der Waals surface area contributed by atoms with Gasteiger partial charge in [-0.25, -0.2) is 13.9 Å². The molecule has 1 N–H and O–H groups in total. The Hall–Kier alpha value is -3.24. The molecule has 1 aliphatic heterocycles. The number of fused-ring (bicyclic) bond motifs is 1. The number of benzene rings is 2. The van der Waals surface area contributed by atoms with Crippen molar-refractivity contribution in [2.24, 2.45) is 0 Å². The average molecular weight is 561 g/mol. The molecule has 202 valence electrons. The van der Waals surface area contributed by atoms with Crippen LogP contribution < -0.4 is 14.8 Å². The predicted molar refractivity (Wildman–Crippen MR) is 145 cm³/mol. The number of carbonyl (C=O) groups excluding carboxylic acids is 1. The number of nitrogens with zero attached hydrogens (tertiary/aromatic N) is 3. The molecule has 0 saturated carbocycles. The molecule has 38 heavy (non-hydrogen) atoms. The summed E-state index contributed by atoms with van der Waals surface area (Å²) in [6.45, 7) is 6.08. The van der Waals surface area contributed by atoms with E-state index >= 15 is 0 Å². The summed E-state index contributed by atoms with van der Waals surface area (Å²) in [5.41, 5.74) is 2.04. The van der Waals surface area contributed by atoms with Gasteiger partial charge in [0.1, 0.15) is 18.5 Å². The second-order valence-electron chi connectivity index (χ2n) is 8.61. The number of methoxy groups -OCH3 is 1. The smallest absolute Gasteiger partial charge is 0.338 e. The number of halogens is 2. The highest BCUT2D eigenvalue weighted by molar-refractivity contribution is 7.99. The van der Waals surface area contributed by atoms with Crippen molar-refractivity contribution >= 4 is 35.3 Å². The predicted octanol–water partition coefficient (Wildman–Crippen LogP) is 6.40. The van der Waals surface area contributed by atoms with Crippen LogP contribution in [0.1, 0.15) is 50.8 Å². The third kappa shape index (κ3) is 5.91. The summed E-state index contributed by atoms with van der Waals surface area (Å²) in [5, 5.41) is 8.80. The molecule has 0 aliphatic carbocycles. The Balaban J connectivity index is 1.71. The molecular weight excluding hydrogens is 531 g/mol. The Labute approximate surface area is 230 Å². The van der Waals surface area contributed by atoms with E-state index in [-0.39, 0.29) is 17.2 Å². The van der Waals surface area contributed by atoms with Crippen molar-refractivity contribution in [2.45, 2.75) is 51.4 Å². The van der Waals surface area contributed by atoms with E-state index in [0.717, 1.165) is 17.7 Å². The molecule has 0 bridgehead atoms. The minimum atomic E-state index is -0.608. The molecule has 1 atom stereocenters. The van der Waals surface area contributed by atoms with E-state index in [1.165, 1.54) is 13.2 Å². The first-order valence-corrected chi connectivity index (χ1v) is 13.7. The van der Waals surface area contributed by atoms with Crippen LogP contribution in [-0.2, 0) is 16.1 Å². The van der Waals surface area contributed by atoms with Gasteiger partial charge in [0.2, 0.25) is 11.1 Å². The van der Waals surface area contributed by atoms with Crippen LogP contribution in [0.25, 0.3) is 0 Å². The number of aromatic nitrogens is 3. The molecule has 3 aromatic rings. The zero-order valence-corrected chi connectivity index (χ0v) is 23.3. The fourth-order valence-electron chi connectivity index (χ4n) is 4.02. The van der Waals surface area contributed by atoms with E-state index < -0.39 is 17.8 Å².